The van der Waals surface area contributed by atoms with Crippen LogP contribution in [-0.4, -0.2) is 16.2 Å². The van der Waals surface area contributed by atoms with E-state index in [4.69, 9.17) is 5.73 Å². The van der Waals surface area contributed by atoms with Gasteiger partial charge in [-0.05, 0) is 35.3 Å². The fraction of sp³-hybridized carbons (Fsp3) is 0.500. The first-order chi connectivity index (χ1) is 6.93. The van der Waals surface area contributed by atoms with Crippen LogP contribution in [-0.2, 0) is 5.54 Å². The third-order valence-electron chi connectivity index (χ3n) is 2.91. The van der Waals surface area contributed by atoms with Gasteiger partial charge in [-0.15, -0.1) is 0 Å². The van der Waals surface area contributed by atoms with E-state index in [1.165, 1.54) is 6.20 Å². The minimum Gasteiger partial charge on any atom is -0.393 e. The molecule has 1 aromatic heterocycles. The van der Waals surface area contributed by atoms with Gasteiger partial charge in [-0.25, -0.2) is 4.98 Å². The maximum absolute atomic E-state index is 13.5. The quantitative estimate of drug-likeness (QED) is 0.805. The van der Waals surface area contributed by atoms with Crippen LogP contribution in [0.5, 0.6) is 0 Å². The fourth-order valence-electron chi connectivity index (χ4n) is 1.83. The minimum atomic E-state index is -0.861. The second-order valence-corrected chi connectivity index (χ2v) is 5.10. The Bertz CT molecular complexity index is 397. The van der Waals surface area contributed by atoms with E-state index in [0.717, 1.165) is 0 Å². The van der Waals surface area contributed by atoms with Gasteiger partial charge in [0.05, 0.1) is 6.10 Å². The van der Waals surface area contributed by atoms with Crippen LogP contribution < -0.4 is 5.73 Å². The topological polar surface area (TPSA) is 59.1 Å². The summed E-state index contributed by atoms with van der Waals surface area (Å²) in [4.78, 5) is 3.60. The van der Waals surface area contributed by atoms with E-state index in [9.17, 15) is 9.50 Å². The van der Waals surface area contributed by atoms with Crippen LogP contribution in [0.15, 0.2) is 16.7 Å². The molecule has 0 saturated heterocycles. The molecule has 3 unspecified atom stereocenters. The van der Waals surface area contributed by atoms with Gasteiger partial charge in [-0.1, -0.05) is 0 Å². The van der Waals surface area contributed by atoms with Crippen LogP contribution in [0.1, 0.15) is 18.9 Å². The molecule has 1 heterocycles. The van der Waals surface area contributed by atoms with Gasteiger partial charge in [0.15, 0.2) is 0 Å². The summed E-state index contributed by atoms with van der Waals surface area (Å²) in [7, 11) is 0. The molecule has 1 fully saturated rings. The monoisotopic (exact) mass is 274 g/mol. The average Bonchev–Trinajstić information content (AvgIpc) is 2.87. The van der Waals surface area contributed by atoms with Crippen molar-refractivity contribution < 1.29 is 9.50 Å². The molecule has 1 saturated carbocycles. The van der Waals surface area contributed by atoms with E-state index < -0.39 is 17.6 Å². The van der Waals surface area contributed by atoms with Crippen LogP contribution in [0.2, 0.25) is 0 Å². The van der Waals surface area contributed by atoms with Crippen LogP contribution in [0.25, 0.3) is 0 Å². The number of rotatable bonds is 2. The van der Waals surface area contributed by atoms with Crippen LogP contribution in [0.4, 0.5) is 4.39 Å². The molecule has 1 aromatic rings. The molecule has 0 amide bonds. The average molecular weight is 275 g/mol. The molecule has 3 N–H and O–H groups in total. The summed E-state index contributed by atoms with van der Waals surface area (Å²) in [6, 6.07) is 1.62. The van der Waals surface area contributed by atoms with E-state index in [2.05, 4.69) is 20.9 Å². The first kappa shape index (κ1) is 11.0. The van der Waals surface area contributed by atoms with Crippen molar-refractivity contribution in [2.24, 2.45) is 11.7 Å². The number of pyridine rings is 1. The summed E-state index contributed by atoms with van der Waals surface area (Å²) < 4.78 is 14.2. The molecule has 2 rings (SSSR count). The lowest BCUT2D eigenvalue weighted by atomic mass is 9.89. The molecular formula is C10H12BrFN2O. The summed E-state index contributed by atoms with van der Waals surface area (Å²) in [6.45, 7) is 1.72. The molecule has 0 aromatic carbocycles. The van der Waals surface area contributed by atoms with Crippen molar-refractivity contribution in [3.8, 4) is 0 Å². The molecular weight excluding hydrogens is 263 g/mol. The highest BCUT2D eigenvalue weighted by molar-refractivity contribution is 9.10. The molecule has 0 bridgehead atoms. The zero-order valence-electron chi connectivity index (χ0n) is 8.24. The Balaban J connectivity index is 2.39. The Morgan fingerprint density at radius 1 is 1.73 bits per heavy atom. The second kappa shape index (κ2) is 3.50. The molecule has 5 heteroatoms. The van der Waals surface area contributed by atoms with Crippen molar-refractivity contribution >= 4 is 15.9 Å². The van der Waals surface area contributed by atoms with Gasteiger partial charge in [0.2, 0.25) is 5.95 Å². The van der Waals surface area contributed by atoms with Crippen molar-refractivity contribution in [1.82, 2.24) is 4.98 Å². The zero-order valence-corrected chi connectivity index (χ0v) is 9.83. The van der Waals surface area contributed by atoms with Gasteiger partial charge in [0.25, 0.3) is 0 Å². The lowest BCUT2D eigenvalue weighted by Gasteiger charge is -2.25. The van der Waals surface area contributed by atoms with Crippen molar-refractivity contribution in [3.05, 3.63) is 28.2 Å². The third kappa shape index (κ3) is 1.91. The molecule has 0 radical (unpaired) electrons. The summed E-state index contributed by atoms with van der Waals surface area (Å²) in [6.07, 6.45) is 1.59. The number of halogens is 2. The Kier molecular flexibility index (Phi) is 2.56. The molecule has 82 valence electrons. The second-order valence-electron chi connectivity index (χ2n) is 4.18. The smallest absolute Gasteiger partial charge is 0.217 e. The number of aliphatic hydroxyl groups is 1. The predicted octanol–water partition coefficient (Wildman–Crippen LogP) is 1.54. The zero-order chi connectivity index (χ0) is 11.2. The number of hydrogen-bond acceptors (Lipinski definition) is 3. The normalized spacial score (nSPS) is 28.6. The largest absolute Gasteiger partial charge is 0.393 e. The first-order valence-electron chi connectivity index (χ1n) is 4.71. The summed E-state index contributed by atoms with van der Waals surface area (Å²) >= 11 is 3.23. The predicted molar refractivity (Wildman–Crippen MR) is 57.5 cm³/mol. The molecule has 15 heavy (non-hydrogen) atoms. The van der Waals surface area contributed by atoms with Gasteiger partial charge < -0.3 is 10.8 Å². The van der Waals surface area contributed by atoms with E-state index >= 15 is 0 Å². The van der Waals surface area contributed by atoms with Gasteiger partial charge in [0.1, 0.15) is 0 Å². The Labute approximate surface area is 95.6 Å². The van der Waals surface area contributed by atoms with Crippen molar-refractivity contribution in [3.63, 3.8) is 0 Å². The Hall–Kier alpha value is -0.520. The summed E-state index contributed by atoms with van der Waals surface area (Å²) in [5.41, 5.74) is 5.53. The molecule has 1 aliphatic rings. The van der Waals surface area contributed by atoms with Crippen LogP contribution in [0, 0.1) is 11.9 Å². The third-order valence-corrected chi connectivity index (χ3v) is 3.35. The van der Waals surface area contributed by atoms with E-state index in [1.807, 2.05) is 0 Å². The van der Waals surface area contributed by atoms with Crippen LogP contribution >= 0.6 is 15.9 Å². The van der Waals surface area contributed by atoms with Gasteiger partial charge in [-0.2, -0.15) is 4.39 Å². The molecule has 0 aliphatic heterocycles. The first-order valence-corrected chi connectivity index (χ1v) is 5.50. The maximum atomic E-state index is 13.5. The van der Waals surface area contributed by atoms with Crippen molar-refractivity contribution in [2.75, 3.05) is 0 Å². The molecule has 0 spiro atoms. The molecule has 3 nitrogen and oxygen atoms in total. The molecule has 3 atom stereocenters. The Morgan fingerprint density at radius 2 is 2.33 bits per heavy atom. The van der Waals surface area contributed by atoms with Crippen molar-refractivity contribution in [2.45, 2.75) is 25.0 Å². The number of aliphatic hydroxyl groups excluding tert-OH is 1. The van der Waals surface area contributed by atoms with Gasteiger partial charge in [-0.3, -0.25) is 0 Å². The number of nitrogens with two attached hydrogens (primary N) is 1. The van der Waals surface area contributed by atoms with Gasteiger partial charge in [0, 0.05) is 27.7 Å². The highest BCUT2D eigenvalue weighted by Gasteiger charge is 2.49. The van der Waals surface area contributed by atoms with Crippen LogP contribution in [0.3, 0.4) is 0 Å². The van der Waals surface area contributed by atoms with Gasteiger partial charge >= 0.3 is 0 Å². The van der Waals surface area contributed by atoms with Crippen molar-refractivity contribution in [1.29, 1.82) is 0 Å². The highest BCUT2D eigenvalue weighted by Crippen LogP contribution is 2.44. The van der Waals surface area contributed by atoms with E-state index in [-0.39, 0.29) is 5.92 Å². The molecule has 1 aliphatic carbocycles. The number of hydrogen-bond donors (Lipinski definition) is 2. The summed E-state index contributed by atoms with van der Waals surface area (Å²) in [5, 5.41) is 9.35. The maximum Gasteiger partial charge on any atom is 0.217 e. The lowest BCUT2D eigenvalue weighted by molar-refractivity contribution is 0.227. The Morgan fingerprint density at radius 3 is 2.87 bits per heavy atom. The van der Waals surface area contributed by atoms with E-state index in [1.54, 1.807) is 13.0 Å². The number of nitrogens with zero attached hydrogens (tertiary/aromatic N) is 1. The standard InChI is InChI=1S/C10H12BrFN2O/c1-10(13,6-3-8(6)15)7-2-5(11)4-14-9(7)12/h2,4,6,8,15H,3,13H2,1H3. The lowest BCUT2D eigenvalue weighted by Crippen LogP contribution is -2.38. The number of aromatic nitrogens is 1. The van der Waals surface area contributed by atoms with E-state index in [0.29, 0.717) is 16.5 Å². The highest BCUT2D eigenvalue weighted by atomic mass is 79.9. The fourth-order valence-corrected chi connectivity index (χ4v) is 2.16. The SMILES string of the molecule is CC(N)(c1cc(Br)cnc1F)C1CC1O. The minimum absolute atomic E-state index is 0.0805. The summed E-state index contributed by atoms with van der Waals surface area (Å²) in [5.74, 6) is -0.648.